The number of unbranched alkanes of at least 4 members (excludes halogenated alkanes) is 1. The highest BCUT2D eigenvalue weighted by Gasteiger charge is 2.31. The van der Waals surface area contributed by atoms with Crippen molar-refractivity contribution in [2.75, 3.05) is 0 Å². The van der Waals surface area contributed by atoms with Crippen LogP contribution in [0.25, 0.3) is 5.70 Å². The quantitative estimate of drug-likeness (QED) is 0.405. The van der Waals surface area contributed by atoms with Crippen LogP contribution in [0.5, 0.6) is 5.75 Å². The molecule has 1 aliphatic heterocycles. The van der Waals surface area contributed by atoms with E-state index in [0.29, 0.717) is 22.5 Å². The maximum atomic E-state index is 12.5. The predicted octanol–water partition coefficient (Wildman–Crippen LogP) is 5.94. The van der Waals surface area contributed by atoms with Gasteiger partial charge in [0, 0.05) is 35.3 Å². The third-order valence-corrected chi connectivity index (χ3v) is 3.95. The van der Waals surface area contributed by atoms with E-state index in [2.05, 4.69) is 28.5 Å². The zero-order valence-electron chi connectivity index (χ0n) is 15.4. The lowest BCUT2D eigenvalue weighted by Gasteiger charge is -2.19. The van der Waals surface area contributed by atoms with Gasteiger partial charge in [-0.05, 0) is 49.1 Å². The number of hydrogen-bond donors (Lipinski definition) is 2. The van der Waals surface area contributed by atoms with Crippen LogP contribution in [0, 0.1) is 0 Å². The van der Waals surface area contributed by atoms with Crippen molar-refractivity contribution in [2.45, 2.75) is 38.2 Å². The Morgan fingerprint density at radius 3 is 2.45 bits per heavy atom. The molecular formula is C20H20F6N2O. The fourth-order valence-electron chi connectivity index (χ4n) is 2.73. The minimum Gasteiger partial charge on any atom is -0.406 e. The van der Waals surface area contributed by atoms with E-state index in [1.54, 1.807) is 18.4 Å². The van der Waals surface area contributed by atoms with Gasteiger partial charge in [0.2, 0.25) is 0 Å². The lowest BCUT2D eigenvalue weighted by atomic mass is 9.98. The molecule has 0 aliphatic carbocycles. The number of hydrogen-bond acceptors (Lipinski definition) is 3. The molecule has 2 rings (SSSR count). The molecule has 0 saturated carbocycles. The SMILES string of the molecule is C=C1C=C(NC(=C)c2cc(OC(F)(F)F)ccc2CCCCC(F)(F)F)C=CN1. The van der Waals surface area contributed by atoms with Crippen LogP contribution < -0.4 is 15.4 Å². The molecule has 0 fully saturated rings. The second-order valence-electron chi connectivity index (χ2n) is 6.40. The minimum absolute atomic E-state index is 0.0803. The van der Waals surface area contributed by atoms with E-state index in [9.17, 15) is 26.3 Å². The average molecular weight is 418 g/mol. The summed E-state index contributed by atoms with van der Waals surface area (Å²) in [6, 6.07) is 3.71. The summed E-state index contributed by atoms with van der Waals surface area (Å²) < 4.78 is 78.6. The van der Waals surface area contributed by atoms with Gasteiger partial charge >= 0.3 is 12.5 Å². The van der Waals surface area contributed by atoms with Gasteiger partial charge in [-0.3, -0.25) is 0 Å². The second-order valence-corrected chi connectivity index (χ2v) is 6.40. The molecule has 1 aromatic rings. The predicted molar refractivity (Wildman–Crippen MR) is 98.4 cm³/mol. The summed E-state index contributed by atoms with van der Waals surface area (Å²) in [6.07, 6.45) is -4.65. The van der Waals surface area contributed by atoms with E-state index >= 15 is 0 Å². The standard InChI is InChI=1S/C20H20F6N2O/c1-13-11-16(8-10-27-13)28-14(2)18-12-17(29-20(24,25)26)7-6-15(18)5-3-4-9-19(21,22)23/h6-8,10-12,27-28H,1-5,9H2. The smallest absolute Gasteiger partial charge is 0.406 e. The van der Waals surface area contributed by atoms with E-state index in [1.807, 2.05) is 0 Å². The molecule has 29 heavy (non-hydrogen) atoms. The highest BCUT2D eigenvalue weighted by molar-refractivity contribution is 5.68. The molecule has 0 amide bonds. The molecule has 1 heterocycles. The van der Waals surface area contributed by atoms with Crippen molar-refractivity contribution in [3.63, 3.8) is 0 Å². The second kappa shape index (κ2) is 9.11. The van der Waals surface area contributed by atoms with Gasteiger partial charge in [0.1, 0.15) is 5.75 Å². The first-order chi connectivity index (χ1) is 13.4. The molecule has 0 radical (unpaired) electrons. The van der Waals surface area contributed by atoms with Crippen LogP contribution >= 0.6 is 0 Å². The zero-order chi connectivity index (χ0) is 21.7. The summed E-state index contributed by atoms with van der Waals surface area (Å²) in [4.78, 5) is 0. The summed E-state index contributed by atoms with van der Waals surface area (Å²) in [6.45, 7) is 7.60. The Bertz CT molecular complexity index is 821. The molecule has 0 saturated heterocycles. The molecule has 0 aromatic heterocycles. The van der Waals surface area contributed by atoms with Crippen LogP contribution in [0.1, 0.15) is 30.4 Å². The van der Waals surface area contributed by atoms with Gasteiger partial charge in [0.05, 0.1) is 0 Å². The number of dihydropyridines is 1. The van der Waals surface area contributed by atoms with Crippen LogP contribution in [0.2, 0.25) is 0 Å². The number of aryl methyl sites for hydroxylation is 1. The van der Waals surface area contributed by atoms with Crippen molar-refractivity contribution >= 4 is 5.70 Å². The Kier molecular flexibility index (Phi) is 7.05. The number of benzene rings is 1. The van der Waals surface area contributed by atoms with Crippen LogP contribution in [0.3, 0.4) is 0 Å². The number of halogens is 6. The Labute approximate surface area is 164 Å². The third kappa shape index (κ3) is 7.97. The molecule has 2 N–H and O–H groups in total. The molecular weight excluding hydrogens is 398 g/mol. The fourth-order valence-corrected chi connectivity index (χ4v) is 2.73. The largest absolute Gasteiger partial charge is 0.573 e. The van der Waals surface area contributed by atoms with Crippen LogP contribution in [-0.2, 0) is 6.42 Å². The van der Waals surface area contributed by atoms with Crippen molar-refractivity contribution in [1.29, 1.82) is 0 Å². The van der Waals surface area contributed by atoms with Crippen LogP contribution in [0.4, 0.5) is 26.3 Å². The first-order valence-corrected chi connectivity index (χ1v) is 8.68. The maximum Gasteiger partial charge on any atom is 0.573 e. The number of alkyl halides is 6. The van der Waals surface area contributed by atoms with E-state index in [4.69, 9.17) is 0 Å². The van der Waals surface area contributed by atoms with Gasteiger partial charge in [0.15, 0.2) is 0 Å². The lowest BCUT2D eigenvalue weighted by molar-refractivity contribution is -0.274. The van der Waals surface area contributed by atoms with Gasteiger partial charge in [-0.1, -0.05) is 19.2 Å². The van der Waals surface area contributed by atoms with Crippen LogP contribution in [-0.4, -0.2) is 12.5 Å². The van der Waals surface area contributed by atoms with Crippen molar-refractivity contribution < 1.29 is 31.1 Å². The topological polar surface area (TPSA) is 33.3 Å². The summed E-state index contributed by atoms with van der Waals surface area (Å²) in [5.74, 6) is -0.436. The van der Waals surface area contributed by atoms with Crippen molar-refractivity contribution in [3.05, 3.63) is 72.2 Å². The molecule has 3 nitrogen and oxygen atoms in total. The van der Waals surface area contributed by atoms with Crippen LogP contribution in [0.15, 0.2) is 61.1 Å². The average Bonchev–Trinajstić information content (AvgIpc) is 2.57. The van der Waals surface area contributed by atoms with E-state index in [-0.39, 0.29) is 25.0 Å². The molecule has 0 spiro atoms. The number of ether oxygens (including phenoxy) is 1. The van der Waals surface area contributed by atoms with Crippen molar-refractivity contribution in [1.82, 2.24) is 10.6 Å². The zero-order valence-corrected chi connectivity index (χ0v) is 15.4. The molecule has 9 heteroatoms. The molecule has 1 aliphatic rings. The highest BCUT2D eigenvalue weighted by Crippen LogP contribution is 2.29. The summed E-state index contributed by atoms with van der Waals surface area (Å²) in [7, 11) is 0. The summed E-state index contributed by atoms with van der Waals surface area (Å²) >= 11 is 0. The molecule has 0 unspecified atom stereocenters. The fraction of sp³-hybridized carbons (Fsp3) is 0.300. The van der Waals surface area contributed by atoms with Crippen molar-refractivity contribution in [2.24, 2.45) is 0 Å². The Morgan fingerprint density at radius 2 is 1.83 bits per heavy atom. The van der Waals surface area contributed by atoms with E-state index in [0.717, 1.165) is 6.07 Å². The Balaban J connectivity index is 2.19. The van der Waals surface area contributed by atoms with Gasteiger partial charge in [-0.25, -0.2) is 0 Å². The lowest BCUT2D eigenvalue weighted by Crippen LogP contribution is -2.18. The van der Waals surface area contributed by atoms with E-state index < -0.39 is 24.7 Å². The third-order valence-electron chi connectivity index (χ3n) is 3.95. The summed E-state index contributed by atoms with van der Waals surface area (Å²) in [5.41, 5.74) is 2.39. The molecule has 158 valence electrons. The number of allylic oxidation sites excluding steroid dienone is 2. The van der Waals surface area contributed by atoms with Gasteiger partial charge in [-0.15, -0.1) is 13.2 Å². The maximum absolute atomic E-state index is 12.5. The van der Waals surface area contributed by atoms with Gasteiger partial charge in [0.25, 0.3) is 0 Å². The van der Waals surface area contributed by atoms with Crippen molar-refractivity contribution in [3.8, 4) is 5.75 Å². The van der Waals surface area contributed by atoms with Gasteiger partial charge in [-0.2, -0.15) is 13.2 Å². The monoisotopic (exact) mass is 418 g/mol. The van der Waals surface area contributed by atoms with Gasteiger partial charge < -0.3 is 15.4 Å². The first kappa shape index (κ1) is 22.4. The highest BCUT2D eigenvalue weighted by atomic mass is 19.4. The number of nitrogens with one attached hydrogen (secondary N) is 2. The minimum atomic E-state index is -4.86. The summed E-state index contributed by atoms with van der Waals surface area (Å²) in [5, 5.41) is 5.83. The first-order valence-electron chi connectivity index (χ1n) is 8.68. The Hall–Kier alpha value is -2.84. The Morgan fingerprint density at radius 1 is 1.10 bits per heavy atom. The van der Waals surface area contributed by atoms with E-state index in [1.165, 1.54) is 12.1 Å². The normalized spacial score (nSPS) is 14.3. The molecule has 1 aromatic carbocycles. The number of rotatable bonds is 8. The molecule has 0 bridgehead atoms. The molecule has 0 atom stereocenters.